The lowest BCUT2D eigenvalue weighted by molar-refractivity contribution is -0.124. The van der Waals surface area contributed by atoms with Crippen molar-refractivity contribution in [2.24, 2.45) is 0 Å². The van der Waals surface area contributed by atoms with E-state index in [0.717, 1.165) is 9.37 Å². The molecule has 48 heavy (non-hydrogen) atoms. The van der Waals surface area contributed by atoms with Crippen LogP contribution < -0.4 is 10.6 Å². The summed E-state index contributed by atoms with van der Waals surface area (Å²) < 4.78 is 13.9. The summed E-state index contributed by atoms with van der Waals surface area (Å²) in [6.45, 7) is 5.92. The van der Waals surface area contributed by atoms with Gasteiger partial charge >= 0.3 is 11.9 Å². The topological polar surface area (TPSA) is 186 Å². The molecule has 0 radical (unpaired) electrons. The molecular formula is C32H36Br2N6O8. The molecule has 0 spiro atoms. The summed E-state index contributed by atoms with van der Waals surface area (Å²) in [5.41, 5.74) is 6.43. The van der Waals surface area contributed by atoms with Crippen molar-refractivity contribution in [3.05, 3.63) is 80.0 Å². The zero-order chi connectivity index (χ0) is 34.1. The first-order chi connectivity index (χ1) is 21.9. The smallest absolute Gasteiger partial charge is 0.359 e. The normalized spacial score (nSPS) is 9.88. The van der Waals surface area contributed by atoms with Gasteiger partial charge in [-0.2, -0.15) is 10.2 Å². The van der Waals surface area contributed by atoms with Crippen LogP contribution in [0.5, 0.6) is 0 Å². The molecule has 0 saturated carbocycles. The van der Waals surface area contributed by atoms with E-state index in [9.17, 15) is 28.8 Å². The van der Waals surface area contributed by atoms with Crippen molar-refractivity contribution in [2.45, 2.75) is 42.5 Å². The van der Waals surface area contributed by atoms with Crippen molar-refractivity contribution in [3.63, 3.8) is 0 Å². The van der Waals surface area contributed by atoms with Gasteiger partial charge in [0, 0.05) is 22.8 Å². The van der Waals surface area contributed by atoms with Gasteiger partial charge < -0.3 is 15.2 Å². The molecule has 2 aromatic carbocycles. The largest absolute Gasteiger partial charge is 0.461 e. The Bertz CT molecular complexity index is 1800. The van der Waals surface area contributed by atoms with Gasteiger partial charge in [0.2, 0.25) is 11.8 Å². The van der Waals surface area contributed by atoms with E-state index < -0.39 is 23.8 Å². The van der Waals surface area contributed by atoms with Gasteiger partial charge in [0.25, 0.3) is 0 Å². The van der Waals surface area contributed by atoms with Crippen LogP contribution >= 0.6 is 31.9 Å². The Morgan fingerprint density at radius 2 is 1.19 bits per heavy atom. The second-order valence-corrected chi connectivity index (χ2v) is 10.9. The molecule has 0 fully saturated rings. The number of ether oxygens (including phenoxy) is 2. The van der Waals surface area contributed by atoms with Gasteiger partial charge in [-0.05, 0) is 50.2 Å². The molecule has 2 N–H and O–H groups in total. The molecule has 0 aliphatic heterocycles. The van der Waals surface area contributed by atoms with Gasteiger partial charge in [0.05, 0.1) is 35.7 Å². The minimum absolute atomic E-state index is 0. The highest BCUT2D eigenvalue weighted by Crippen LogP contribution is 2.29. The minimum atomic E-state index is -0.823. The van der Waals surface area contributed by atoms with Crippen molar-refractivity contribution < 1.29 is 38.2 Å². The van der Waals surface area contributed by atoms with Gasteiger partial charge in [0.1, 0.15) is 5.82 Å². The number of aromatic nitrogens is 4. The van der Waals surface area contributed by atoms with Crippen LogP contribution in [0, 0.1) is 0 Å². The molecule has 16 heteroatoms. The van der Waals surface area contributed by atoms with Crippen LogP contribution in [0.4, 0.5) is 11.6 Å². The molecule has 0 aliphatic rings. The predicted molar refractivity (Wildman–Crippen MR) is 187 cm³/mol. The number of aldehydes is 2. The van der Waals surface area contributed by atoms with Crippen LogP contribution in [0.25, 0.3) is 11.4 Å². The summed E-state index contributed by atoms with van der Waals surface area (Å²) in [4.78, 5) is 71.6. The third-order valence-electron chi connectivity index (χ3n) is 5.98. The highest BCUT2D eigenvalue weighted by atomic mass is 79.9. The summed E-state index contributed by atoms with van der Waals surface area (Å²) in [6.07, 6.45) is 0.880. The first kappa shape index (κ1) is 41.1. The number of rotatable bonds is 9. The summed E-state index contributed by atoms with van der Waals surface area (Å²) in [5, 5.41) is 8.22. The number of hydrogen-bond acceptors (Lipinski definition) is 11. The maximum atomic E-state index is 12.2. The van der Waals surface area contributed by atoms with Gasteiger partial charge in [0.15, 0.2) is 29.8 Å². The standard InChI is InChI=1S/C17H16BrN3O5.C13H12BrN3O3.2CH4/c1-4-26-17(25)15-14(9-22)16(20(10(2)23)11(3)24)21(19-15)13-7-5-6-12(18)8-13;1-2-20-13(19)11-10(7-18)12(15)17(16-11)9-5-3-4-8(14)6-9;;/h5-9H,4H2,1-3H3;3-7H,2,15H2,1H3;2*1H4. The number of carbonyl (C=O) groups excluding carboxylic acids is 6. The van der Waals surface area contributed by atoms with Crippen LogP contribution in [0.15, 0.2) is 57.5 Å². The Kier molecular flexibility index (Phi) is 15.7. The van der Waals surface area contributed by atoms with Crippen LogP contribution in [0.3, 0.4) is 0 Å². The first-order valence-electron chi connectivity index (χ1n) is 13.5. The van der Waals surface area contributed by atoms with E-state index in [2.05, 4.69) is 42.1 Å². The maximum absolute atomic E-state index is 12.2. The first-order valence-corrected chi connectivity index (χ1v) is 15.1. The van der Waals surface area contributed by atoms with Crippen LogP contribution in [-0.4, -0.2) is 69.1 Å². The van der Waals surface area contributed by atoms with E-state index in [1.165, 1.54) is 23.2 Å². The fourth-order valence-corrected chi connectivity index (χ4v) is 4.89. The summed E-state index contributed by atoms with van der Waals surface area (Å²) in [5.74, 6) is -2.74. The number of anilines is 2. The van der Waals surface area contributed by atoms with Crippen molar-refractivity contribution in [1.82, 2.24) is 19.6 Å². The molecule has 14 nitrogen and oxygen atoms in total. The van der Waals surface area contributed by atoms with E-state index in [1.807, 2.05) is 6.07 Å². The fraction of sp³-hybridized carbons (Fsp3) is 0.250. The van der Waals surface area contributed by atoms with E-state index in [4.69, 9.17) is 15.2 Å². The van der Waals surface area contributed by atoms with Gasteiger partial charge in [-0.3, -0.25) is 19.2 Å². The number of benzene rings is 2. The van der Waals surface area contributed by atoms with E-state index >= 15 is 0 Å². The number of esters is 2. The summed E-state index contributed by atoms with van der Waals surface area (Å²) >= 11 is 6.66. The molecule has 4 rings (SSSR count). The van der Waals surface area contributed by atoms with Gasteiger partial charge in [-0.1, -0.05) is 58.8 Å². The molecule has 0 unspecified atom stereocenters. The van der Waals surface area contributed by atoms with Gasteiger partial charge in [-0.25, -0.2) is 23.9 Å². The number of halogens is 2. The molecule has 0 bridgehead atoms. The van der Waals surface area contributed by atoms with Crippen LogP contribution in [0.2, 0.25) is 0 Å². The Morgan fingerprint density at radius 1 is 0.771 bits per heavy atom. The molecule has 2 aromatic heterocycles. The number of nitrogen functional groups attached to an aromatic ring is 1. The monoisotopic (exact) mass is 790 g/mol. The Hall–Kier alpha value is -4.96. The third-order valence-corrected chi connectivity index (χ3v) is 6.96. The summed E-state index contributed by atoms with van der Waals surface area (Å²) in [7, 11) is 0. The Balaban J connectivity index is 0.000000475. The molecule has 256 valence electrons. The lowest BCUT2D eigenvalue weighted by Gasteiger charge is -2.19. The number of carbonyl (C=O) groups is 6. The molecule has 4 aromatic rings. The lowest BCUT2D eigenvalue weighted by atomic mass is 10.2. The van der Waals surface area contributed by atoms with Crippen molar-refractivity contribution in [2.75, 3.05) is 23.8 Å². The minimum Gasteiger partial charge on any atom is -0.461 e. The average Bonchev–Trinajstić information content (AvgIpc) is 3.55. The molecule has 0 atom stereocenters. The number of hydrogen-bond donors (Lipinski definition) is 1. The van der Waals surface area contributed by atoms with Crippen molar-refractivity contribution in [1.29, 1.82) is 0 Å². The van der Waals surface area contributed by atoms with Crippen LogP contribution in [0.1, 0.15) is 84.2 Å². The average molecular weight is 792 g/mol. The molecule has 0 aliphatic carbocycles. The molecule has 0 saturated heterocycles. The SMILES string of the molecule is C.C.CCOC(=O)c1nn(-c2cccc(Br)c2)c(N(C(C)=O)C(C)=O)c1C=O.CCOC(=O)c1nn(-c2cccc(Br)c2)c(N)c1C=O. The number of amides is 2. The predicted octanol–water partition coefficient (Wildman–Crippen LogP) is 6.00. The highest BCUT2D eigenvalue weighted by Gasteiger charge is 2.32. The van der Waals surface area contributed by atoms with E-state index in [1.54, 1.807) is 56.3 Å². The second-order valence-electron chi connectivity index (χ2n) is 9.07. The second kappa shape index (κ2) is 18.4. The quantitative estimate of drug-likeness (QED) is 0.155. The van der Waals surface area contributed by atoms with E-state index in [-0.39, 0.29) is 62.2 Å². The van der Waals surface area contributed by atoms with Gasteiger partial charge in [-0.15, -0.1) is 0 Å². The summed E-state index contributed by atoms with van der Waals surface area (Å²) in [6, 6.07) is 14.0. The van der Waals surface area contributed by atoms with Crippen LogP contribution in [-0.2, 0) is 19.1 Å². The number of nitrogens with two attached hydrogens (primary N) is 1. The van der Waals surface area contributed by atoms with Crippen molar-refractivity contribution >= 4 is 79.8 Å². The molecule has 2 amide bonds. The third kappa shape index (κ3) is 9.10. The number of imide groups is 1. The molecule has 2 heterocycles. The maximum Gasteiger partial charge on any atom is 0.359 e. The Morgan fingerprint density at radius 3 is 1.58 bits per heavy atom. The Labute approximate surface area is 294 Å². The fourth-order valence-electron chi connectivity index (χ4n) is 4.12. The van der Waals surface area contributed by atoms with Crippen molar-refractivity contribution in [3.8, 4) is 11.4 Å². The number of nitrogens with zero attached hydrogens (tertiary/aromatic N) is 5. The highest BCUT2D eigenvalue weighted by molar-refractivity contribution is 9.10. The molecular weight excluding hydrogens is 756 g/mol. The zero-order valence-corrected chi connectivity index (χ0v) is 28.2. The lowest BCUT2D eigenvalue weighted by Crippen LogP contribution is -2.35. The van der Waals surface area contributed by atoms with E-state index in [0.29, 0.717) is 28.4 Å². The zero-order valence-electron chi connectivity index (χ0n) is 25.0.